The van der Waals surface area contributed by atoms with Crippen LogP contribution < -0.4 is 15.8 Å². The summed E-state index contributed by atoms with van der Waals surface area (Å²) >= 11 is 1.40. The standard InChI is InChI=1S/C14H17N3O3S/c1-2-20-9-3-4-10-11(7-9)21-13(16-10)17-12(18)14(15)5-6-19-8-14/h3-4,7H,2,5-6,8,15H2,1H3,(H,16,17,18). The van der Waals surface area contributed by atoms with Gasteiger partial charge in [0.2, 0.25) is 5.91 Å². The molecule has 0 saturated carbocycles. The first-order chi connectivity index (χ1) is 10.1. The maximum Gasteiger partial charge on any atom is 0.248 e. The van der Waals surface area contributed by atoms with E-state index in [2.05, 4.69) is 10.3 Å². The fraction of sp³-hybridized carbons (Fsp3) is 0.429. The van der Waals surface area contributed by atoms with Crippen LogP contribution in [0.2, 0.25) is 0 Å². The molecular formula is C14H17N3O3S. The number of hydrogen-bond acceptors (Lipinski definition) is 6. The quantitative estimate of drug-likeness (QED) is 0.898. The van der Waals surface area contributed by atoms with Gasteiger partial charge in [-0.25, -0.2) is 4.98 Å². The second-order valence-electron chi connectivity index (χ2n) is 4.99. The zero-order chi connectivity index (χ0) is 14.9. The summed E-state index contributed by atoms with van der Waals surface area (Å²) in [6, 6.07) is 5.67. The summed E-state index contributed by atoms with van der Waals surface area (Å²) in [6.45, 7) is 3.32. The van der Waals surface area contributed by atoms with Gasteiger partial charge in [0.1, 0.15) is 11.3 Å². The SMILES string of the molecule is CCOc1ccc2nc(NC(=O)C3(N)CCOC3)sc2c1. The van der Waals surface area contributed by atoms with E-state index in [1.54, 1.807) is 0 Å². The Bertz CT molecular complexity index is 665. The van der Waals surface area contributed by atoms with Crippen molar-refractivity contribution in [3.05, 3.63) is 18.2 Å². The van der Waals surface area contributed by atoms with Crippen molar-refractivity contribution >= 4 is 32.6 Å². The molecule has 1 amide bonds. The number of amides is 1. The van der Waals surface area contributed by atoms with Gasteiger partial charge in [0.05, 0.1) is 23.4 Å². The van der Waals surface area contributed by atoms with E-state index < -0.39 is 5.54 Å². The first-order valence-corrected chi connectivity index (χ1v) is 7.64. The molecule has 1 aromatic carbocycles. The van der Waals surface area contributed by atoms with Crippen molar-refractivity contribution in [2.75, 3.05) is 25.1 Å². The number of nitrogens with one attached hydrogen (secondary N) is 1. The highest BCUT2D eigenvalue weighted by Gasteiger charge is 2.38. The van der Waals surface area contributed by atoms with Gasteiger partial charge >= 0.3 is 0 Å². The van der Waals surface area contributed by atoms with E-state index in [1.807, 2.05) is 25.1 Å². The summed E-state index contributed by atoms with van der Waals surface area (Å²) in [5.74, 6) is 0.551. The molecule has 1 aliphatic heterocycles. The summed E-state index contributed by atoms with van der Waals surface area (Å²) in [6.07, 6.45) is 0.526. The van der Waals surface area contributed by atoms with Crippen LogP contribution in [0.1, 0.15) is 13.3 Å². The maximum absolute atomic E-state index is 12.2. The minimum absolute atomic E-state index is 0.246. The second kappa shape index (κ2) is 5.59. The maximum atomic E-state index is 12.2. The second-order valence-corrected chi connectivity index (χ2v) is 6.03. The number of ether oxygens (including phenoxy) is 2. The predicted octanol–water partition coefficient (Wildman–Crippen LogP) is 1.75. The van der Waals surface area contributed by atoms with Crippen LogP contribution in [0.4, 0.5) is 5.13 Å². The van der Waals surface area contributed by atoms with Crippen LogP contribution in [0.3, 0.4) is 0 Å². The van der Waals surface area contributed by atoms with Crippen LogP contribution in [-0.4, -0.2) is 36.3 Å². The number of benzene rings is 1. The number of hydrogen-bond donors (Lipinski definition) is 2. The molecule has 0 bridgehead atoms. The van der Waals surface area contributed by atoms with E-state index in [4.69, 9.17) is 15.2 Å². The van der Waals surface area contributed by atoms with Crippen molar-refractivity contribution in [1.29, 1.82) is 0 Å². The Morgan fingerprint density at radius 2 is 2.48 bits per heavy atom. The van der Waals surface area contributed by atoms with Gasteiger partial charge in [-0.2, -0.15) is 0 Å². The zero-order valence-corrected chi connectivity index (χ0v) is 12.5. The van der Waals surface area contributed by atoms with Crippen LogP contribution in [0, 0.1) is 0 Å². The molecule has 1 unspecified atom stereocenters. The number of carbonyl (C=O) groups is 1. The largest absolute Gasteiger partial charge is 0.494 e. The molecule has 21 heavy (non-hydrogen) atoms. The molecule has 0 aliphatic carbocycles. The molecular weight excluding hydrogens is 290 g/mol. The Kier molecular flexibility index (Phi) is 3.79. The van der Waals surface area contributed by atoms with Gasteiger partial charge in [0.25, 0.3) is 0 Å². The molecule has 1 aromatic heterocycles. The summed E-state index contributed by atoms with van der Waals surface area (Å²) in [4.78, 5) is 16.6. The lowest BCUT2D eigenvalue weighted by atomic mass is 10.00. The van der Waals surface area contributed by atoms with Gasteiger partial charge in [-0.3, -0.25) is 4.79 Å². The Labute approximate surface area is 126 Å². The average Bonchev–Trinajstić information content (AvgIpc) is 3.05. The van der Waals surface area contributed by atoms with Crippen LogP contribution in [-0.2, 0) is 9.53 Å². The normalized spacial score (nSPS) is 21.6. The van der Waals surface area contributed by atoms with Crippen molar-refractivity contribution < 1.29 is 14.3 Å². The lowest BCUT2D eigenvalue weighted by Gasteiger charge is -2.19. The third-order valence-corrected chi connectivity index (χ3v) is 4.33. The first-order valence-electron chi connectivity index (χ1n) is 6.82. The smallest absolute Gasteiger partial charge is 0.248 e. The molecule has 1 aliphatic rings. The van der Waals surface area contributed by atoms with E-state index in [0.29, 0.717) is 24.8 Å². The molecule has 3 N–H and O–H groups in total. The average molecular weight is 307 g/mol. The van der Waals surface area contributed by atoms with Crippen molar-refractivity contribution in [1.82, 2.24) is 4.98 Å². The van der Waals surface area contributed by atoms with Crippen molar-refractivity contribution in [2.24, 2.45) is 5.73 Å². The molecule has 3 rings (SSSR count). The zero-order valence-electron chi connectivity index (χ0n) is 11.7. The number of thiazole rings is 1. The van der Waals surface area contributed by atoms with Crippen LogP contribution in [0.25, 0.3) is 10.2 Å². The topological polar surface area (TPSA) is 86.5 Å². The van der Waals surface area contributed by atoms with Gasteiger partial charge in [-0.1, -0.05) is 11.3 Å². The molecule has 2 heterocycles. The highest BCUT2D eigenvalue weighted by atomic mass is 32.1. The fourth-order valence-electron chi connectivity index (χ4n) is 2.20. The van der Waals surface area contributed by atoms with E-state index in [9.17, 15) is 4.79 Å². The minimum atomic E-state index is -0.950. The van der Waals surface area contributed by atoms with Crippen molar-refractivity contribution in [3.63, 3.8) is 0 Å². The Hall–Kier alpha value is -1.70. The first kappa shape index (κ1) is 14.2. The van der Waals surface area contributed by atoms with Crippen LogP contribution >= 0.6 is 11.3 Å². The van der Waals surface area contributed by atoms with E-state index in [1.165, 1.54) is 11.3 Å². The predicted molar refractivity (Wildman–Crippen MR) is 81.8 cm³/mol. The Balaban J connectivity index is 1.79. The van der Waals surface area contributed by atoms with E-state index >= 15 is 0 Å². The molecule has 112 valence electrons. The van der Waals surface area contributed by atoms with Gasteiger partial charge < -0.3 is 20.5 Å². The van der Waals surface area contributed by atoms with Gasteiger partial charge in [0, 0.05) is 6.61 Å². The Morgan fingerprint density at radius 1 is 1.62 bits per heavy atom. The molecule has 6 nitrogen and oxygen atoms in total. The molecule has 7 heteroatoms. The van der Waals surface area contributed by atoms with Gasteiger partial charge in [-0.05, 0) is 31.5 Å². The monoisotopic (exact) mass is 307 g/mol. The van der Waals surface area contributed by atoms with Gasteiger partial charge in [0.15, 0.2) is 5.13 Å². The van der Waals surface area contributed by atoms with E-state index in [0.717, 1.165) is 16.0 Å². The summed E-state index contributed by atoms with van der Waals surface area (Å²) in [5.41, 5.74) is 5.90. The number of nitrogens with two attached hydrogens (primary N) is 1. The lowest BCUT2D eigenvalue weighted by Crippen LogP contribution is -2.51. The number of aromatic nitrogens is 1. The molecule has 0 radical (unpaired) electrons. The lowest BCUT2D eigenvalue weighted by molar-refractivity contribution is -0.121. The summed E-state index contributed by atoms with van der Waals surface area (Å²) in [7, 11) is 0. The summed E-state index contributed by atoms with van der Waals surface area (Å²) in [5, 5.41) is 3.33. The number of nitrogens with zero attached hydrogens (tertiary/aromatic N) is 1. The molecule has 1 fully saturated rings. The third-order valence-electron chi connectivity index (χ3n) is 3.40. The number of fused-ring (bicyclic) bond motifs is 1. The molecule has 0 spiro atoms. The highest BCUT2D eigenvalue weighted by Crippen LogP contribution is 2.30. The Morgan fingerprint density at radius 3 is 3.19 bits per heavy atom. The minimum Gasteiger partial charge on any atom is -0.494 e. The summed E-state index contributed by atoms with van der Waals surface area (Å²) < 4.78 is 11.6. The third kappa shape index (κ3) is 2.85. The van der Waals surface area contributed by atoms with Gasteiger partial charge in [-0.15, -0.1) is 0 Å². The molecule has 2 aromatic rings. The number of rotatable bonds is 4. The number of anilines is 1. The van der Waals surface area contributed by atoms with Crippen molar-refractivity contribution in [2.45, 2.75) is 18.9 Å². The van der Waals surface area contributed by atoms with E-state index in [-0.39, 0.29) is 12.5 Å². The molecule has 1 saturated heterocycles. The molecule has 1 atom stereocenters. The highest BCUT2D eigenvalue weighted by molar-refractivity contribution is 7.22. The number of carbonyl (C=O) groups excluding carboxylic acids is 1. The fourth-order valence-corrected chi connectivity index (χ4v) is 3.09. The van der Waals surface area contributed by atoms with Crippen LogP contribution in [0.5, 0.6) is 5.75 Å². The van der Waals surface area contributed by atoms with Crippen molar-refractivity contribution in [3.8, 4) is 5.75 Å². The van der Waals surface area contributed by atoms with Crippen LogP contribution in [0.15, 0.2) is 18.2 Å².